The zero-order valence-corrected chi connectivity index (χ0v) is 16.0. The van der Waals surface area contributed by atoms with E-state index in [-0.39, 0.29) is 6.61 Å². The molecule has 0 saturated carbocycles. The van der Waals surface area contributed by atoms with Crippen LogP contribution >= 0.6 is 11.3 Å². The molecule has 5 heteroatoms. The summed E-state index contributed by atoms with van der Waals surface area (Å²) >= 11 is 1.72. The van der Waals surface area contributed by atoms with E-state index >= 15 is 0 Å². The van der Waals surface area contributed by atoms with E-state index in [0.29, 0.717) is 13.1 Å². The first-order valence-electron chi connectivity index (χ1n) is 8.76. The molecule has 3 rings (SSSR count). The third-order valence-electron chi connectivity index (χ3n) is 4.37. The number of thiophene rings is 1. The lowest BCUT2D eigenvalue weighted by atomic mass is 10.1. The van der Waals surface area contributed by atoms with Gasteiger partial charge in [-0.2, -0.15) is 0 Å². The number of hydrogen-bond acceptors (Lipinski definition) is 5. The average molecular weight is 372 g/mol. The summed E-state index contributed by atoms with van der Waals surface area (Å²) in [6.45, 7) is 6.32. The molecule has 1 atom stereocenters. The monoisotopic (exact) mass is 371 g/mol. The molecule has 26 heavy (non-hydrogen) atoms. The van der Waals surface area contributed by atoms with E-state index in [0.717, 1.165) is 23.6 Å². The van der Waals surface area contributed by atoms with Crippen LogP contribution in [0.25, 0.3) is 0 Å². The first-order valence-corrected chi connectivity index (χ1v) is 9.64. The largest absolute Gasteiger partial charge is 0.491 e. The summed E-state index contributed by atoms with van der Waals surface area (Å²) in [5.41, 5.74) is 2.31. The fraction of sp³-hybridized carbons (Fsp3) is 0.333. The number of rotatable bonds is 9. The van der Waals surface area contributed by atoms with Crippen LogP contribution in [0.3, 0.4) is 0 Å². The van der Waals surface area contributed by atoms with Crippen LogP contribution in [-0.2, 0) is 13.1 Å². The van der Waals surface area contributed by atoms with Crippen LogP contribution < -0.4 is 4.74 Å². The number of hydrogen-bond donors (Lipinski definition) is 1. The van der Waals surface area contributed by atoms with E-state index in [1.807, 2.05) is 37.3 Å². The second-order valence-electron chi connectivity index (χ2n) is 6.49. The zero-order chi connectivity index (χ0) is 18.4. The quantitative estimate of drug-likeness (QED) is 0.606. The Hall–Kier alpha value is -2.08. The molecule has 2 heterocycles. The van der Waals surface area contributed by atoms with Crippen molar-refractivity contribution in [3.63, 3.8) is 0 Å². The Morgan fingerprint density at radius 1 is 1.12 bits per heavy atom. The highest BCUT2D eigenvalue weighted by atomic mass is 32.1. The van der Waals surface area contributed by atoms with Gasteiger partial charge in [0, 0.05) is 18.0 Å². The molecule has 0 radical (unpaired) electrons. The number of aliphatic hydroxyl groups excluding tert-OH is 1. The molecule has 1 N–H and O–H groups in total. The van der Waals surface area contributed by atoms with Gasteiger partial charge in [-0.3, -0.25) is 4.90 Å². The van der Waals surface area contributed by atoms with Gasteiger partial charge in [0.2, 0.25) is 0 Å². The van der Waals surface area contributed by atoms with Gasteiger partial charge in [-0.1, -0.05) is 18.2 Å². The Balaban J connectivity index is 1.58. The molecule has 0 fully saturated rings. The summed E-state index contributed by atoms with van der Waals surface area (Å²) in [5, 5.41) is 12.6. The maximum absolute atomic E-state index is 10.5. The molecule has 0 amide bonds. The van der Waals surface area contributed by atoms with Crippen molar-refractivity contribution < 1.29 is 14.3 Å². The van der Waals surface area contributed by atoms with Crippen LogP contribution in [-0.4, -0.2) is 29.3 Å². The minimum Gasteiger partial charge on any atom is -0.491 e. The van der Waals surface area contributed by atoms with E-state index in [9.17, 15) is 5.11 Å². The molecule has 0 aliphatic rings. The first kappa shape index (κ1) is 18.7. The Kier molecular flexibility index (Phi) is 6.50. The number of furan rings is 1. The Morgan fingerprint density at radius 3 is 2.73 bits per heavy atom. The summed E-state index contributed by atoms with van der Waals surface area (Å²) in [5.74, 6) is 1.73. The van der Waals surface area contributed by atoms with Crippen LogP contribution in [0.2, 0.25) is 0 Å². The fourth-order valence-corrected chi connectivity index (χ4v) is 3.59. The van der Waals surface area contributed by atoms with Gasteiger partial charge in [-0.25, -0.2) is 0 Å². The van der Waals surface area contributed by atoms with E-state index in [2.05, 4.69) is 29.3 Å². The average Bonchev–Trinajstić information content (AvgIpc) is 3.30. The Bertz CT molecular complexity index is 747. The van der Waals surface area contributed by atoms with Crippen molar-refractivity contribution in [3.8, 4) is 5.75 Å². The standard InChI is InChI=1S/C21H25NO3S/c1-16-6-3-9-21(17(16)2)25-15-18(23)12-22(13-19-7-4-10-24-19)14-20-8-5-11-26-20/h3-11,18,23H,12-15H2,1-2H3. The molecule has 0 spiro atoms. The molecule has 0 aliphatic carbocycles. The fourth-order valence-electron chi connectivity index (χ4n) is 2.85. The molecule has 1 aromatic carbocycles. The molecular formula is C21H25NO3S. The predicted octanol–water partition coefficient (Wildman–Crippen LogP) is 4.40. The van der Waals surface area contributed by atoms with Gasteiger partial charge < -0.3 is 14.3 Å². The van der Waals surface area contributed by atoms with Crippen LogP contribution in [0.5, 0.6) is 5.75 Å². The highest BCUT2D eigenvalue weighted by Crippen LogP contribution is 2.21. The topological polar surface area (TPSA) is 45.8 Å². The Labute approximate surface area is 158 Å². The maximum atomic E-state index is 10.5. The lowest BCUT2D eigenvalue weighted by molar-refractivity contribution is 0.0606. The second-order valence-corrected chi connectivity index (χ2v) is 7.52. The molecule has 3 aromatic rings. The van der Waals surface area contributed by atoms with Crippen molar-refractivity contribution in [2.45, 2.75) is 33.0 Å². The van der Waals surface area contributed by atoms with Crippen LogP contribution in [0, 0.1) is 13.8 Å². The second kappa shape index (κ2) is 9.03. The van der Waals surface area contributed by atoms with Crippen LogP contribution in [0.1, 0.15) is 21.8 Å². The van der Waals surface area contributed by atoms with E-state index in [1.54, 1.807) is 17.6 Å². The summed E-state index contributed by atoms with van der Waals surface area (Å²) in [6.07, 6.45) is 1.10. The molecule has 0 bridgehead atoms. The van der Waals surface area contributed by atoms with Crippen molar-refractivity contribution in [1.29, 1.82) is 0 Å². The van der Waals surface area contributed by atoms with Crippen molar-refractivity contribution in [2.24, 2.45) is 0 Å². The number of nitrogens with zero attached hydrogens (tertiary/aromatic N) is 1. The molecule has 4 nitrogen and oxygen atoms in total. The zero-order valence-electron chi connectivity index (χ0n) is 15.2. The predicted molar refractivity (Wildman–Crippen MR) is 105 cm³/mol. The highest BCUT2D eigenvalue weighted by molar-refractivity contribution is 7.09. The summed E-state index contributed by atoms with van der Waals surface area (Å²) < 4.78 is 11.3. The number of ether oxygens (including phenoxy) is 1. The normalized spacial score (nSPS) is 12.5. The van der Waals surface area contributed by atoms with Gasteiger partial charge in [0.25, 0.3) is 0 Å². The van der Waals surface area contributed by atoms with E-state index in [4.69, 9.17) is 9.15 Å². The summed E-state index contributed by atoms with van der Waals surface area (Å²) in [4.78, 5) is 3.45. The van der Waals surface area contributed by atoms with Gasteiger partial charge in [-0.05, 0) is 54.6 Å². The lowest BCUT2D eigenvalue weighted by Crippen LogP contribution is -2.34. The Morgan fingerprint density at radius 2 is 2.00 bits per heavy atom. The summed E-state index contributed by atoms with van der Waals surface area (Å²) in [6, 6.07) is 14.0. The van der Waals surface area contributed by atoms with Gasteiger partial charge in [0.1, 0.15) is 24.2 Å². The van der Waals surface area contributed by atoms with Crippen LogP contribution in [0.15, 0.2) is 58.5 Å². The number of aryl methyl sites for hydroxylation is 1. The number of benzene rings is 1. The molecule has 0 aliphatic heterocycles. The van der Waals surface area contributed by atoms with Crippen molar-refractivity contribution >= 4 is 11.3 Å². The maximum Gasteiger partial charge on any atom is 0.122 e. The highest BCUT2D eigenvalue weighted by Gasteiger charge is 2.16. The third kappa shape index (κ3) is 5.21. The van der Waals surface area contributed by atoms with Crippen molar-refractivity contribution in [1.82, 2.24) is 4.90 Å². The van der Waals surface area contributed by atoms with Gasteiger partial charge >= 0.3 is 0 Å². The first-order chi connectivity index (χ1) is 12.6. The van der Waals surface area contributed by atoms with Gasteiger partial charge in [-0.15, -0.1) is 11.3 Å². The molecule has 138 valence electrons. The molecule has 2 aromatic heterocycles. The number of aliphatic hydroxyl groups is 1. The van der Waals surface area contributed by atoms with Gasteiger partial charge in [0.15, 0.2) is 0 Å². The van der Waals surface area contributed by atoms with E-state index < -0.39 is 6.10 Å². The molecule has 0 saturated heterocycles. The molecular weight excluding hydrogens is 346 g/mol. The molecule has 1 unspecified atom stereocenters. The van der Waals surface area contributed by atoms with Crippen molar-refractivity contribution in [3.05, 3.63) is 75.9 Å². The summed E-state index contributed by atoms with van der Waals surface area (Å²) in [7, 11) is 0. The van der Waals surface area contributed by atoms with Crippen molar-refractivity contribution in [2.75, 3.05) is 13.2 Å². The SMILES string of the molecule is Cc1cccc(OCC(O)CN(Cc2ccco2)Cc2cccs2)c1C. The lowest BCUT2D eigenvalue weighted by Gasteiger charge is -2.24. The minimum absolute atomic E-state index is 0.267. The van der Waals surface area contributed by atoms with Gasteiger partial charge in [0.05, 0.1) is 12.8 Å². The third-order valence-corrected chi connectivity index (χ3v) is 5.24. The minimum atomic E-state index is -0.579. The van der Waals surface area contributed by atoms with Crippen LogP contribution in [0.4, 0.5) is 0 Å². The van der Waals surface area contributed by atoms with E-state index in [1.165, 1.54) is 10.4 Å². The smallest absolute Gasteiger partial charge is 0.122 e.